The lowest BCUT2D eigenvalue weighted by atomic mass is 10.1. The van der Waals surface area contributed by atoms with E-state index in [2.05, 4.69) is 191 Å². The molecule has 6 nitrogen and oxygen atoms in total. The molecule has 0 fully saturated rings. The normalized spacial score (nSPS) is 13.3. The van der Waals surface area contributed by atoms with Crippen molar-refractivity contribution in [2.75, 3.05) is 13.2 Å². The molecule has 0 aromatic heterocycles. The standard InChI is InChI=1S/C73H114O6/c1-4-7-10-13-16-19-21-23-25-27-29-31-33-34-35-36-37-38-40-41-43-45-47-49-51-54-57-60-63-66-72(75)78-69-70(68-77-71(74)65-62-59-56-53-18-15-12-9-6-3)79-73(76)67-64-61-58-55-52-50-48-46-44-42-39-32-30-28-26-24-22-20-17-14-11-8-5-2/h7-8,10-11,16-17,19-20,23-26,29-32,34-35,37-38,41-44,47-50,70H,4-6,9,12-15,18,21-22,27-28,33,36,39-40,45-46,51-69H2,1-3H3/b10-7-,11-8-,19-16-,20-17-,25-23-,26-24-,31-29-,32-30-,35-34-,38-37-,43-41-,44-42-,49-47-,50-48-. The van der Waals surface area contributed by atoms with Crippen LogP contribution in [0.2, 0.25) is 0 Å². The summed E-state index contributed by atoms with van der Waals surface area (Å²) in [7, 11) is 0. The second-order valence-corrected chi connectivity index (χ2v) is 20.2. The molecule has 0 radical (unpaired) electrons. The molecule has 1 atom stereocenters. The number of hydrogen-bond donors (Lipinski definition) is 0. The highest BCUT2D eigenvalue weighted by Crippen LogP contribution is 2.13. The average Bonchev–Trinajstić information content (AvgIpc) is 3.45. The van der Waals surface area contributed by atoms with Crippen molar-refractivity contribution in [2.24, 2.45) is 0 Å². The van der Waals surface area contributed by atoms with Crippen molar-refractivity contribution in [3.05, 3.63) is 170 Å². The van der Waals surface area contributed by atoms with Crippen LogP contribution in [-0.2, 0) is 28.6 Å². The summed E-state index contributed by atoms with van der Waals surface area (Å²) >= 11 is 0. The Balaban J connectivity index is 4.38. The molecule has 0 aromatic rings. The average molecular weight is 1090 g/mol. The van der Waals surface area contributed by atoms with E-state index < -0.39 is 6.10 Å². The maximum absolute atomic E-state index is 12.9. The maximum Gasteiger partial charge on any atom is 0.306 e. The zero-order valence-corrected chi connectivity index (χ0v) is 50.6. The third kappa shape index (κ3) is 63.5. The molecule has 442 valence electrons. The van der Waals surface area contributed by atoms with E-state index >= 15 is 0 Å². The number of esters is 3. The van der Waals surface area contributed by atoms with Crippen LogP contribution in [0.4, 0.5) is 0 Å². The third-order valence-corrected chi connectivity index (χ3v) is 12.7. The molecule has 0 amide bonds. The van der Waals surface area contributed by atoms with E-state index in [0.29, 0.717) is 12.8 Å². The summed E-state index contributed by atoms with van der Waals surface area (Å²) in [5.41, 5.74) is 0. The van der Waals surface area contributed by atoms with Crippen molar-refractivity contribution in [2.45, 2.75) is 258 Å². The van der Waals surface area contributed by atoms with Gasteiger partial charge in [-0.2, -0.15) is 0 Å². The van der Waals surface area contributed by atoms with Gasteiger partial charge in [0, 0.05) is 19.3 Å². The Hall–Kier alpha value is -5.23. The van der Waals surface area contributed by atoms with Crippen LogP contribution in [0.15, 0.2) is 170 Å². The Kier molecular flexibility index (Phi) is 61.0. The summed E-state index contributed by atoms with van der Waals surface area (Å²) in [6, 6.07) is 0. The minimum Gasteiger partial charge on any atom is -0.462 e. The SMILES string of the molecule is CC/C=C\C/C=C\C/C=C\C/C=C\C/C=C\C/C=C\C/C=C\C/C=C\CCCCCCC(=O)OCC(COC(=O)CCCCCCCCCCC)OC(=O)CCCCCC/C=C\C/C=C\C/C=C\C/C=C\C/C=C\C/C=C\CC. The number of ether oxygens (including phenoxy) is 3. The third-order valence-electron chi connectivity index (χ3n) is 12.7. The predicted molar refractivity (Wildman–Crippen MR) is 343 cm³/mol. The van der Waals surface area contributed by atoms with Crippen molar-refractivity contribution in [3.8, 4) is 0 Å². The van der Waals surface area contributed by atoms with E-state index in [-0.39, 0.29) is 37.5 Å². The van der Waals surface area contributed by atoms with Gasteiger partial charge in [0.1, 0.15) is 13.2 Å². The number of allylic oxidation sites excluding steroid dienone is 28. The molecular formula is C73H114O6. The molecule has 0 saturated carbocycles. The van der Waals surface area contributed by atoms with E-state index in [1.165, 1.54) is 38.5 Å². The van der Waals surface area contributed by atoms with Gasteiger partial charge in [0.05, 0.1) is 0 Å². The smallest absolute Gasteiger partial charge is 0.306 e. The fourth-order valence-corrected chi connectivity index (χ4v) is 8.05. The van der Waals surface area contributed by atoms with Gasteiger partial charge in [0.2, 0.25) is 0 Å². The van der Waals surface area contributed by atoms with Crippen LogP contribution in [0.1, 0.15) is 252 Å². The zero-order chi connectivity index (χ0) is 57.1. The Morgan fingerprint density at radius 2 is 0.494 bits per heavy atom. The first kappa shape index (κ1) is 73.8. The summed E-state index contributed by atoms with van der Waals surface area (Å²) in [6.07, 6.45) is 96.5. The molecule has 0 aliphatic heterocycles. The first-order valence-corrected chi connectivity index (χ1v) is 31.6. The number of rotatable bonds is 55. The molecule has 0 heterocycles. The van der Waals surface area contributed by atoms with Gasteiger partial charge in [-0.1, -0.05) is 268 Å². The van der Waals surface area contributed by atoms with Crippen molar-refractivity contribution in [1.29, 1.82) is 0 Å². The fourth-order valence-electron chi connectivity index (χ4n) is 8.05. The highest BCUT2D eigenvalue weighted by atomic mass is 16.6. The topological polar surface area (TPSA) is 78.9 Å². The minimum absolute atomic E-state index is 0.103. The van der Waals surface area contributed by atoms with Crippen LogP contribution in [0.5, 0.6) is 0 Å². The lowest BCUT2D eigenvalue weighted by molar-refractivity contribution is -0.167. The van der Waals surface area contributed by atoms with Crippen LogP contribution < -0.4 is 0 Å². The molecule has 1 unspecified atom stereocenters. The second-order valence-electron chi connectivity index (χ2n) is 20.2. The van der Waals surface area contributed by atoms with Gasteiger partial charge < -0.3 is 14.2 Å². The van der Waals surface area contributed by atoms with Gasteiger partial charge in [0.15, 0.2) is 6.10 Å². The Morgan fingerprint density at radius 3 is 0.772 bits per heavy atom. The summed E-state index contributed by atoms with van der Waals surface area (Å²) in [5.74, 6) is -0.964. The number of unbranched alkanes of at least 4 members (excludes halogenated alkanes) is 16. The first-order valence-electron chi connectivity index (χ1n) is 31.6. The number of carbonyl (C=O) groups excluding carboxylic acids is 3. The lowest BCUT2D eigenvalue weighted by Gasteiger charge is -2.18. The van der Waals surface area contributed by atoms with E-state index in [0.717, 1.165) is 173 Å². The van der Waals surface area contributed by atoms with E-state index in [1.54, 1.807) is 0 Å². The molecule has 0 bridgehead atoms. The van der Waals surface area contributed by atoms with Crippen LogP contribution >= 0.6 is 0 Å². The van der Waals surface area contributed by atoms with E-state index in [9.17, 15) is 14.4 Å². The fraction of sp³-hybridized carbons (Fsp3) is 0.575. The summed E-state index contributed by atoms with van der Waals surface area (Å²) < 4.78 is 16.8. The van der Waals surface area contributed by atoms with Crippen molar-refractivity contribution in [3.63, 3.8) is 0 Å². The van der Waals surface area contributed by atoms with Crippen molar-refractivity contribution < 1.29 is 28.6 Å². The molecule has 79 heavy (non-hydrogen) atoms. The maximum atomic E-state index is 12.9. The molecular weight excluding hydrogens is 973 g/mol. The zero-order valence-electron chi connectivity index (χ0n) is 50.6. The van der Waals surface area contributed by atoms with Gasteiger partial charge in [-0.25, -0.2) is 0 Å². The molecule has 0 aliphatic rings. The van der Waals surface area contributed by atoms with Gasteiger partial charge in [-0.05, 0) is 135 Å². The Morgan fingerprint density at radius 1 is 0.266 bits per heavy atom. The summed E-state index contributed by atoms with van der Waals surface area (Å²) in [4.78, 5) is 38.2. The van der Waals surface area contributed by atoms with E-state index in [4.69, 9.17) is 14.2 Å². The van der Waals surface area contributed by atoms with Gasteiger partial charge in [-0.3, -0.25) is 14.4 Å². The van der Waals surface area contributed by atoms with E-state index in [1.807, 2.05) is 0 Å². The lowest BCUT2D eigenvalue weighted by Crippen LogP contribution is -2.30. The Labute approximate surface area is 485 Å². The van der Waals surface area contributed by atoms with Gasteiger partial charge in [0.25, 0.3) is 0 Å². The number of hydrogen-bond acceptors (Lipinski definition) is 6. The molecule has 0 aromatic carbocycles. The molecule has 0 rings (SSSR count). The second kappa shape index (κ2) is 65.3. The minimum atomic E-state index is -0.810. The Bertz CT molecular complexity index is 1820. The van der Waals surface area contributed by atoms with Crippen LogP contribution in [-0.4, -0.2) is 37.2 Å². The molecule has 0 saturated heterocycles. The molecule has 6 heteroatoms. The molecule has 0 aliphatic carbocycles. The quantitative estimate of drug-likeness (QED) is 0.0261. The largest absolute Gasteiger partial charge is 0.462 e. The van der Waals surface area contributed by atoms with Gasteiger partial charge in [-0.15, -0.1) is 0 Å². The summed E-state index contributed by atoms with van der Waals surface area (Å²) in [6.45, 7) is 6.34. The number of carbonyl (C=O) groups is 3. The first-order chi connectivity index (χ1) is 39.0. The van der Waals surface area contributed by atoms with Gasteiger partial charge >= 0.3 is 17.9 Å². The monoisotopic (exact) mass is 1090 g/mol. The summed E-state index contributed by atoms with van der Waals surface area (Å²) in [5, 5.41) is 0. The molecule has 0 spiro atoms. The van der Waals surface area contributed by atoms with Crippen molar-refractivity contribution >= 4 is 17.9 Å². The van der Waals surface area contributed by atoms with Crippen LogP contribution in [0.3, 0.4) is 0 Å². The van der Waals surface area contributed by atoms with Crippen molar-refractivity contribution in [1.82, 2.24) is 0 Å². The highest BCUT2D eigenvalue weighted by molar-refractivity contribution is 5.71. The van der Waals surface area contributed by atoms with Crippen LogP contribution in [0.25, 0.3) is 0 Å². The molecule has 0 N–H and O–H groups in total. The predicted octanol–water partition coefficient (Wildman–Crippen LogP) is 21.9. The highest BCUT2D eigenvalue weighted by Gasteiger charge is 2.19. The van der Waals surface area contributed by atoms with Crippen LogP contribution in [0, 0.1) is 0 Å².